The number of ether oxygens (including phenoxy) is 2. The van der Waals surface area contributed by atoms with E-state index in [0.717, 1.165) is 33.6 Å². The number of aromatic amines is 1. The number of hydrogen-bond donors (Lipinski definition) is 1. The van der Waals surface area contributed by atoms with Gasteiger partial charge in [0.05, 0.1) is 30.5 Å². The maximum atomic E-state index is 13.8. The topological polar surface area (TPSA) is 112 Å². The van der Waals surface area contributed by atoms with Gasteiger partial charge in [-0.3, -0.25) is 18.9 Å². The molecule has 1 N–H and O–H groups in total. The van der Waals surface area contributed by atoms with Crippen LogP contribution in [0.5, 0.6) is 11.8 Å². The van der Waals surface area contributed by atoms with Gasteiger partial charge in [-0.1, -0.05) is 65.8 Å². The zero-order valence-electron chi connectivity index (χ0n) is 22.8. The summed E-state index contributed by atoms with van der Waals surface area (Å²) in [6, 6.07) is 23.2. The lowest BCUT2D eigenvalue weighted by atomic mass is 9.98. The van der Waals surface area contributed by atoms with E-state index < -0.39 is 5.76 Å². The molecule has 5 rings (SSSR count). The van der Waals surface area contributed by atoms with Crippen molar-refractivity contribution < 1.29 is 14.0 Å². The third-order valence-corrected chi connectivity index (χ3v) is 6.33. The first-order valence-corrected chi connectivity index (χ1v) is 13.1. The van der Waals surface area contributed by atoms with Crippen LogP contribution in [0.2, 0.25) is 0 Å². The van der Waals surface area contributed by atoms with Crippen molar-refractivity contribution in [2.45, 2.75) is 40.3 Å². The highest BCUT2D eigenvalue weighted by Crippen LogP contribution is 2.30. The van der Waals surface area contributed by atoms with E-state index in [4.69, 9.17) is 14.0 Å². The van der Waals surface area contributed by atoms with Gasteiger partial charge in [0, 0.05) is 5.56 Å². The molecule has 40 heavy (non-hydrogen) atoms. The van der Waals surface area contributed by atoms with Gasteiger partial charge in [-0.15, -0.1) is 0 Å². The Kier molecular flexibility index (Phi) is 7.63. The number of nitrogens with zero attached hydrogens (tertiary/aromatic N) is 3. The largest absolute Gasteiger partial charge is 0.491 e. The molecular formula is C31H30N4O5. The zero-order valence-corrected chi connectivity index (χ0v) is 22.8. The third kappa shape index (κ3) is 5.58. The standard InChI is InChI=1S/C31H30N4O5/c1-5-38-30-32-20(4)27(23-14-16-24(17-15-23)39-19(2)3)29(36)35(30)18-21-10-12-22(13-11-21)25-8-6-7-9-26(25)28-33-31(37)40-34-28/h6-17,19H,5,18H2,1-4H3,(H,33,34,37). The van der Waals surface area contributed by atoms with Crippen molar-refractivity contribution >= 4 is 0 Å². The normalized spacial score (nSPS) is 11.1. The maximum absolute atomic E-state index is 13.8. The summed E-state index contributed by atoms with van der Waals surface area (Å²) in [6.07, 6.45) is 0.0585. The van der Waals surface area contributed by atoms with E-state index in [1.54, 1.807) is 4.57 Å². The van der Waals surface area contributed by atoms with E-state index in [1.807, 2.05) is 100 Å². The molecule has 0 amide bonds. The zero-order chi connectivity index (χ0) is 28.2. The van der Waals surface area contributed by atoms with Gasteiger partial charge in [-0.2, -0.15) is 0 Å². The summed E-state index contributed by atoms with van der Waals surface area (Å²) in [5.74, 6) is 0.494. The van der Waals surface area contributed by atoms with Crippen molar-refractivity contribution in [1.82, 2.24) is 19.7 Å². The molecule has 3 aromatic carbocycles. The van der Waals surface area contributed by atoms with Crippen LogP contribution in [0.4, 0.5) is 0 Å². The Morgan fingerprint density at radius 3 is 2.23 bits per heavy atom. The minimum absolute atomic E-state index is 0.0585. The lowest BCUT2D eigenvalue weighted by molar-refractivity contribution is 0.242. The van der Waals surface area contributed by atoms with Gasteiger partial charge in [0.25, 0.3) is 11.6 Å². The minimum Gasteiger partial charge on any atom is -0.491 e. The molecule has 0 unspecified atom stereocenters. The van der Waals surface area contributed by atoms with Gasteiger partial charge in [-0.25, -0.2) is 9.78 Å². The quantitative estimate of drug-likeness (QED) is 0.265. The second-order valence-electron chi connectivity index (χ2n) is 9.56. The number of nitrogens with one attached hydrogen (secondary N) is 1. The van der Waals surface area contributed by atoms with Crippen LogP contribution in [-0.4, -0.2) is 32.4 Å². The first-order valence-electron chi connectivity index (χ1n) is 13.1. The molecule has 0 fully saturated rings. The summed E-state index contributed by atoms with van der Waals surface area (Å²) in [4.78, 5) is 32.5. The van der Waals surface area contributed by atoms with Gasteiger partial charge >= 0.3 is 5.76 Å². The Bertz CT molecular complexity index is 1730. The van der Waals surface area contributed by atoms with Crippen LogP contribution in [0, 0.1) is 6.92 Å². The summed E-state index contributed by atoms with van der Waals surface area (Å²) in [6.45, 7) is 8.28. The SMILES string of the molecule is CCOc1nc(C)c(-c2ccc(OC(C)C)cc2)c(=O)n1Cc1ccc(-c2ccccc2-c2noc(=O)[nH]2)cc1. The molecule has 0 atom stereocenters. The van der Waals surface area contributed by atoms with Gasteiger partial charge in [0.2, 0.25) is 0 Å². The maximum Gasteiger partial charge on any atom is 0.439 e. The molecule has 0 aliphatic rings. The third-order valence-electron chi connectivity index (χ3n) is 6.33. The molecule has 0 saturated heterocycles. The van der Waals surface area contributed by atoms with Crippen LogP contribution >= 0.6 is 0 Å². The lowest BCUT2D eigenvalue weighted by Crippen LogP contribution is -2.26. The second kappa shape index (κ2) is 11.4. The summed E-state index contributed by atoms with van der Waals surface area (Å²) in [5, 5.41) is 3.83. The van der Waals surface area contributed by atoms with E-state index >= 15 is 0 Å². The van der Waals surface area contributed by atoms with Gasteiger partial charge in [0.15, 0.2) is 5.82 Å². The average Bonchev–Trinajstić information content (AvgIpc) is 3.38. The van der Waals surface area contributed by atoms with Crippen molar-refractivity contribution in [3.05, 3.63) is 105 Å². The first kappa shape index (κ1) is 26.7. The van der Waals surface area contributed by atoms with E-state index in [1.165, 1.54) is 0 Å². The van der Waals surface area contributed by atoms with Crippen molar-refractivity contribution in [3.8, 4) is 45.4 Å². The number of hydrogen-bond acceptors (Lipinski definition) is 7. The Labute approximate surface area is 231 Å². The van der Waals surface area contributed by atoms with Crippen molar-refractivity contribution in [3.63, 3.8) is 0 Å². The molecule has 9 nitrogen and oxygen atoms in total. The molecule has 5 aromatic rings. The average molecular weight is 539 g/mol. The summed E-state index contributed by atoms with van der Waals surface area (Å²) < 4.78 is 17.8. The summed E-state index contributed by atoms with van der Waals surface area (Å²) in [5.41, 5.74) is 5.15. The number of rotatable bonds is 9. The smallest absolute Gasteiger partial charge is 0.439 e. The Balaban J connectivity index is 1.48. The van der Waals surface area contributed by atoms with E-state index in [0.29, 0.717) is 23.7 Å². The fourth-order valence-electron chi connectivity index (χ4n) is 4.58. The predicted molar refractivity (Wildman–Crippen MR) is 153 cm³/mol. The molecule has 2 aromatic heterocycles. The molecule has 0 saturated carbocycles. The molecule has 9 heteroatoms. The lowest BCUT2D eigenvalue weighted by Gasteiger charge is -2.16. The monoisotopic (exact) mass is 538 g/mol. The second-order valence-corrected chi connectivity index (χ2v) is 9.56. The van der Waals surface area contributed by atoms with Gasteiger partial charge < -0.3 is 9.47 Å². The Morgan fingerprint density at radius 2 is 1.60 bits per heavy atom. The fraction of sp³-hybridized carbons (Fsp3) is 0.226. The summed E-state index contributed by atoms with van der Waals surface area (Å²) in [7, 11) is 0. The van der Waals surface area contributed by atoms with E-state index in [9.17, 15) is 9.59 Å². The Hall–Kier alpha value is -4.92. The van der Waals surface area contributed by atoms with Crippen LogP contribution in [0.3, 0.4) is 0 Å². The highest BCUT2D eigenvalue weighted by atomic mass is 16.5. The molecule has 0 radical (unpaired) electrons. The molecule has 0 aliphatic heterocycles. The molecule has 0 spiro atoms. The molecule has 204 valence electrons. The number of H-pyrrole nitrogens is 1. The minimum atomic E-state index is -0.610. The van der Waals surface area contributed by atoms with Crippen molar-refractivity contribution in [2.24, 2.45) is 0 Å². The number of aromatic nitrogens is 4. The van der Waals surface area contributed by atoms with Crippen molar-refractivity contribution in [1.29, 1.82) is 0 Å². The number of benzene rings is 3. The fourth-order valence-corrected chi connectivity index (χ4v) is 4.58. The Morgan fingerprint density at radius 1 is 0.925 bits per heavy atom. The highest BCUT2D eigenvalue weighted by molar-refractivity contribution is 5.80. The van der Waals surface area contributed by atoms with Crippen LogP contribution in [-0.2, 0) is 6.54 Å². The van der Waals surface area contributed by atoms with E-state index in [2.05, 4.69) is 15.1 Å². The van der Waals surface area contributed by atoms with Gasteiger partial charge in [-0.05, 0) is 62.1 Å². The molecule has 0 aliphatic carbocycles. The highest BCUT2D eigenvalue weighted by Gasteiger charge is 2.18. The van der Waals surface area contributed by atoms with Crippen LogP contribution < -0.4 is 20.8 Å². The van der Waals surface area contributed by atoms with Crippen LogP contribution in [0.1, 0.15) is 32.0 Å². The van der Waals surface area contributed by atoms with Gasteiger partial charge in [0.1, 0.15) is 5.75 Å². The molecule has 0 bridgehead atoms. The molecule has 2 heterocycles. The van der Waals surface area contributed by atoms with Crippen molar-refractivity contribution in [2.75, 3.05) is 6.61 Å². The molecular weight excluding hydrogens is 508 g/mol. The summed E-state index contributed by atoms with van der Waals surface area (Å²) >= 11 is 0. The first-order chi connectivity index (χ1) is 19.3. The predicted octanol–water partition coefficient (Wildman–Crippen LogP) is 5.46. The van der Waals surface area contributed by atoms with Crippen LogP contribution in [0.25, 0.3) is 33.6 Å². The van der Waals surface area contributed by atoms with E-state index in [-0.39, 0.29) is 24.2 Å². The van der Waals surface area contributed by atoms with Crippen LogP contribution in [0.15, 0.2) is 86.9 Å². The number of aryl methyl sites for hydroxylation is 1.